The third kappa shape index (κ3) is 1.55. The molecule has 0 N–H and O–H groups in total. The summed E-state index contributed by atoms with van der Waals surface area (Å²) in [5.74, 6) is 2.17. The van der Waals surface area contributed by atoms with E-state index in [1.165, 1.54) is 38.0 Å². The van der Waals surface area contributed by atoms with Gasteiger partial charge in [-0.2, -0.15) is 11.8 Å². The first-order valence-corrected chi connectivity index (χ1v) is 7.58. The molecule has 15 heavy (non-hydrogen) atoms. The number of ether oxygens (including phenoxy) is 1. The van der Waals surface area contributed by atoms with Crippen molar-refractivity contribution < 1.29 is 4.74 Å². The fourth-order valence-electron chi connectivity index (χ4n) is 4.06. The second-order valence-electron chi connectivity index (χ2n) is 5.35. The molecule has 3 fully saturated rings. The van der Waals surface area contributed by atoms with Crippen LogP contribution in [0.15, 0.2) is 0 Å². The van der Waals surface area contributed by atoms with Gasteiger partial charge in [-0.25, -0.2) is 0 Å². The van der Waals surface area contributed by atoms with Gasteiger partial charge in [-0.3, -0.25) is 4.90 Å². The normalized spacial score (nSPS) is 45.4. The summed E-state index contributed by atoms with van der Waals surface area (Å²) in [4.78, 5) is 2.84. The van der Waals surface area contributed by atoms with Crippen LogP contribution >= 0.6 is 11.8 Å². The largest absolute Gasteiger partial charge is 0.381 e. The molecular formula is C12H21NOS. The summed E-state index contributed by atoms with van der Waals surface area (Å²) in [6, 6.07) is 0.855. The topological polar surface area (TPSA) is 12.5 Å². The summed E-state index contributed by atoms with van der Waals surface area (Å²) in [5, 5.41) is 0. The van der Waals surface area contributed by atoms with Crippen molar-refractivity contribution in [3.8, 4) is 0 Å². The lowest BCUT2D eigenvalue weighted by Gasteiger charge is -2.35. The Kier molecular flexibility index (Phi) is 2.74. The van der Waals surface area contributed by atoms with Gasteiger partial charge in [0.15, 0.2) is 0 Å². The van der Waals surface area contributed by atoms with Gasteiger partial charge in [0, 0.05) is 23.9 Å². The van der Waals surface area contributed by atoms with Crippen LogP contribution in [-0.2, 0) is 4.74 Å². The minimum Gasteiger partial charge on any atom is -0.381 e. The van der Waals surface area contributed by atoms with E-state index in [-0.39, 0.29) is 0 Å². The maximum absolute atomic E-state index is 5.64. The third-order valence-corrected chi connectivity index (χ3v) is 5.37. The van der Waals surface area contributed by atoms with E-state index in [1.807, 2.05) is 11.8 Å². The van der Waals surface area contributed by atoms with Crippen LogP contribution in [0, 0.1) is 5.92 Å². The second-order valence-corrected chi connectivity index (χ2v) is 6.22. The van der Waals surface area contributed by atoms with Crippen molar-refractivity contribution in [2.24, 2.45) is 5.92 Å². The van der Waals surface area contributed by atoms with Gasteiger partial charge in [-0.1, -0.05) is 0 Å². The molecule has 0 spiro atoms. The van der Waals surface area contributed by atoms with E-state index in [1.54, 1.807) is 0 Å². The van der Waals surface area contributed by atoms with E-state index in [2.05, 4.69) is 11.2 Å². The van der Waals surface area contributed by atoms with Crippen LogP contribution in [0.4, 0.5) is 0 Å². The van der Waals surface area contributed by atoms with E-state index in [0.717, 1.165) is 25.2 Å². The maximum Gasteiger partial charge on any atom is 0.0509 e. The van der Waals surface area contributed by atoms with Crippen LogP contribution in [0.25, 0.3) is 0 Å². The smallest absolute Gasteiger partial charge is 0.0509 e. The van der Waals surface area contributed by atoms with Gasteiger partial charge >= 0.3 is 0 Å². The first-order valence-electron chi connectivity index (χ1n) is 6.19. The SMILES string of the molecule is CSC[C@@]12CCCN1[C@@H]1CCOC[C@@H]1C2. The summed E-state index contributed by atoms with van der Waals surface area (Å²) < 4.78 is 5.64. The molecule has 3 rings (SSSR count). The van der Waals surface area contributed by atoms with Gasteiger partial charge in [0.25, 0.3) is 0 Å². The summed E-state index contributed by atoms with van der Waals surface area (Å²) in [5.41, 5.74) is 0.558. The lowest BCUT2D eigenvalue weighted by Crippen LogP contribution is -2.45. The van der Waals surface area contributed by atoms with Gasteiger partial charge in [-0.05, 0) is 44.4 Å². The van der Waals surface area contributed by atoms with Crippen LogP contribution in [0.3, 0.4) is 0 Å². The van der Waals surface area contributed by atoms with Crippen LogP contribution < -0.4 is 0 Å². The Bertz CT molecular complexity index is 248. The Morgan fingerprint density at radius 1 is 1.53 bits per heavy atom. The minimum absolute atomic E-state index is 0.558. The molecule has 0 saturated carbocycles. The number of hydrogen-bond acceptors (Lipinski definition) is 3. The van der Waals surface area contributed by atoms with Crippen LogP contribution in [0.5, 0.6) is 0 Å². The highest BCUT2D eigenvalue weighted by molar-refractivity contribution is 7.98. The molecule has 0 aliphatic carbocycles. The average molecular weight is 227 g/mol. The quantitative estimate of drug-likeness (QED) is 0.716. The number of thioether (sulfide) groups is 1. The zero-order valence-corrected chi connectivity index (χ0v) is 10.4. The molecule has 86 valence electrons. The molecule has 3 aliphatic heterocycles. The molecule has 0 aromatic carbocycles. The minimum atomic E-state index is 0.558. The number of rotatable bonds is 2. The molecule has 0 aromatic heterocycles. The van der Waals surface area contributed by atoms with Gasteiger partial charge in [0.05, 0.1) is 6.61 Å². The van der Waals surface area contributed by atoms with Gasteiger partial charge in [0.2, 0.25) is 0 Å². The van der Waals surface area contributed by atoms with Crippen molar-refractivity contribution >= 4 is 11.8 Å². The molecule has 2 nitrogen and oxygen atoms in total. The van der Waals surface area contributed by atoms with Crippen molar-refractivity contribution in [3.05, 3.63) is 0 Å². The molecule has 3 heterocycles. The number of hydrogen-bond donors (Lipinski definition) is 0. The highest BCUT2D eigenvalue weighted by Gasteiger charge is 2.53. The number of fused-ring (bicyclic) bond motifs is 3. The second kappa shape index (κ2) is 3.94. The molecular weight excluding hydrogens is 206 g/mol. The molecule has 3 atom stereocenters. The Labute approximate surface area is 96.7 Å². The lowest BCUT2D eigenvalue weighted by molar-refractivity contribution is 0.0205. The highest BCUT2D eigenvalue weighted by atomic mass is 32.2. The van der Waals surface area contributed by atoms with Crippen LogP contribution in [-0.4, -0.2) is 48.2 Å². The zero-order valence-electron chi connectivity index (χ0n) is 9.58. The fraction of sp³-hybridized carbons (Fsp3) is 1.00. The Morgan fingerprint density at radius 2 is 2.47 bits per heavy atom. The Balaban J connectivity index is 1.82. The van der Waals surface area contributed by atoms with Crippen molar-refractivity contribution in [1.82, 2.24) is 4.90 Å². The molecule has 0 aromatic rings. The fourth-order valence-corrected chi connectivity index (χ4v) is 5.02. The standard InChI is InChI=1S/C12H21NOS/c1-15-9-12-4-2-5-13(12)11-3-6-14-8-10(11)7-12/h10-11H,2-9H2,1H3/t10-,11+,12-/m0/s1. The average Bonchev–Trinajstić information content (AvgIpc) is 2.73. The Morgan fingerprint density at radius 3 is 3.33 bits per heavy atom. The molecule has 3 aliphatic rings. The summed E-state index contributed by atoms with van der Waals surface area (Å²) in [6.07, 6.45) is 7.79. The highest BCUT2D eigenvalue weighted by Crippen LogP contribution is 2.48. The predicted octanol–water partition coefficient (Wildman–Crippen LogP) is 1.99. The Hall–Kier alpha value is 0.270. The van der Waals surface area contributed by atoms with Crippen molar-refractivity contribution in [1.29, 1.82) is 0 Å². The molecule has 0 bridgehead atoms. The van der Waals surface area contributed by atoms with E-state index in [0.29, 0.717) is 5.54 Å². The molecule has 0 amide bonds. The predicted molar refractivity (Wildman–Crippen MR) is 64.4 cm³/mol. The van der Waals surface area contributed by atoms with Gasteiger partial charge in [0.1, 0.15) is 0 Å². The zero-order chi connectivity index (χ0) is 10.3. The first-order chi connectivity index (χ1) is 7.36. The summed E-state index contributed by atoms with van der Waals surface area (Å²) in [6.45, 7) is 3.37. The van der Waals surface area contributed by atoms with Crippen molar-refractivity contribution in [2.45, 2.75) is 37.3 Å². The number of nitrogens with zero attached hydrogens (tertiary/aromatic N) is 1. The van der Waals surface area contributed by atoms with Gasteiger partial charge < -0.3 is 4.74 Å². The third-order valence-electron chi connectivity index (χ3n) is 4.54. The van der Waals surface area contributed by atoms with E-state index >= 15 is 0 Å². The van der Waals surface area contributed by atoms with Gasteiger partial charge in [-0.15, -0.1) is 0 Å². The maximum atomic E-state index is 5.64. The van der Waals surface area contributed by atoms with Crippen molar-refractivity contribution in [3.63, 3.8) is 0 Å². The van der Waals surface area contributed by atoms with Crippen LogP contribution in [0.1, 0.15) is 25.7 Å². The van der Waals surface area contributed by atoms with E-state index < -0.39 is 0 Å². The molecule has 3 heteroatoms. The van der Waals surface area contributed by atoms with E-state index in [9.17, 15) is 0 Å². The summed E-state index contributed by atoms with van der Waals surface area (Å²) >= 11 is 2.03. The molecule has 0 radical (unpaired) electrons. The lowest BCUT2D eigenvalue weighted by atomic mass is 9.89. The molecule has 0 unspecified atom stereocenters. The van der Waals surface area contributed by atoms with Crippen LogP contribution in [0.2, 0.25) is 0 Å². The van der Waals surface area contributed by atoms with E-state index in [4.69, 9.17) is 4.74 Å². The van der Waals surface area contributed by atoms with Crippen molar-refractivity contribution in [2.75, 3.05) is 31.8 Å². The first kappa shape index (κ1) is 10.4. The molecule has 3 saturated heterocycles. The monoisotopic (exact) mass is 227 g/mol. The summed E-state index contributed by atoms with van der Waals surface area (Å²) in [7, 11) is 0.